The summed E-state index contributed by atoms with van der Waals surface area (Å²) in [6.45, 7) is 11.1. The van der Waals surface area contributed by atoms with Gasteiger partial charge in [0.1, 0.15) is 36.5 Å². The number of nitrogens with zero attached hydrogens (tertiary/aromatic N) is 2. The molecule has 6 rings (SSSR count). The SMILES string of the molecule is Cc1cc(Cc2cc(C)cc(Cc3cc(C)cc4c3OCN(C)C4)c2O)c(O)c(Cc2cc(C)cc3c2OCN(C)C3)c1. The number of phenols is 2. The lowest BCUT2D eigenvalue weighted by Crippen LogP contribution is -2.28. The summed E-state index contributed by atoms with van der Waals surface area (Å²) >= 11 is 0. The minimum atomic E-state index is 0.279. The van der Waals surface area contributed by atoms with Crippen molar-refractivity contribution in [3.63, 3.8) is 0 Å². The molecule has 224 valence electrons. The Labute approximate surface area is 255 Å². The van der Waals surface area contributed by atoms with Crippen molar-refractivity contribution in [1.82, 2.24) is 9.80 Å². The summed E-state index contributed by atoms with van der Waals surface area (Å²) in [5.41, 5.74) is 12.4. The first-order chi connectivity index (χ1) is 20.5. The van der Waals surface area contributed by atoms with Crippen LogP contribution in [0.4, 0.5) is 0 Å². The van der Waals surface area contributed by atoms with Gasteiger partial charge in [-0.15, -0.1) is 0 Å². The van der Waals surface area contributed by atoms with Crippen molar-refractivity contribution in [3.8, 4) is 23.0 Å². The fraction of sp³-hybridized carbons (Fsp3) is 0.351. The van der Waals surface area contributed by atoms with Crippen LogP contribution in [-0.4, -0.2) is 47.6 Å². The van der Waals surface area contributed by atoms with Crippen molar-refractivity contribution >= 4 is 0 Å². The van der Waals surface area contributed by atoms with Gasteiger partial charge in [0.05, 0.1) is 0 Å². The second kappa shape index (κ2) is 11.6. The van der Waals surface area contributed by atoms with E-state index in [9.17, 15) is 10.2 Å². The average molecular weight is 579 g/mol. The highest BCUT2D eigenvalue weighted by Gasteiger charge is 2.22. The van der Waals surface area contributed by atoms with E-state index in [2.05, 4.69) is 88.0 Å². The summed E-state index contributed by atoms with van der Waals surface area (Å²) < 4.78 is 12.3. The molecule has 2 N–H and O–H groups in total. The van der Waals surface area contributed by atoms with Crippen LogP contribution in [0.3, 0.4) is 0 Å². The maximum atomic E-state index is 11.5. The molecule has 43 heavy (non-hydrogen) atoms. The first-order valence-corrected chi connectivity index (χ1v) is 15.0. The molecule has 0 unspecified atom stereocenters. The van der Waals surface area contributed by atoms with Crippen LogP contribution in [-0.2, 0) is 32.4 Å². The summed E-state index contributed by atoms with van der Waals surface area (Å²) in [6, 6.07) is 16.9. The molecule has 0 fully saturated rings. The Morgan fingerprint density at radius 1 is 0.512 bits per heavy atom. The van der Waals surface area contributed by atoms with E-state index < -0.39 is 0 Å². The Hall–Kier alpha value is -4.00. The molecule has 0 saturated carbocycles. The van der Waals surface area contributed by atoms with Gasteiger partial charge in [0.15, 0.2) is 0 Å². The molecule has 0 atom stereocenters. The van der Waals surface area contributed by atoms with E-state index in [1.54, 1.807) is 0 Å². The van der Waals surface area contributed by atoms with Crippen LogP contribution in [0.1, 0.15) is 66.8 Å². The molecular formula is C37H42N2O4. The van der Waals surface area contributed by atoms with Gasteiger partial charge in [0.25, 0.3) is 0 Å². The summed E-state index contributed by atoms with van der Waals surface area (Å²) in [5, 5.41) is 23.1. The van der Waals surface area contributed by atoms with Crippen LogP contribution in [0.2, 0.25) is 0 Å². The molecule has 6 heteroatoms. The fourth-order valence-electron chi connectivity index (χ4n) is 6.77. The molecule has 0 saturated heterocycles. The van der Waals surface area contributed by atoms with Crippen molar-refractivity contribution in [2.75, 3.05) is 27.6 Å². The lowest BCUT2D eigenvalue weighted by Gasteiger charge is -2.28. The van der Waals surface area contributed by atoms with Crippen molar-refractivity contribution < 1.29 is 19.7 Å². The second-order valence-electron chi connectivity index (χ2n) is 12.8. The fourth-order valence-corrected chi connectivity index (χ4v) is 6.77. The molecular weight excluding hydrogens is 536 g/mol. The highest BCUT2D eigenvalue weighted by Crippen LogP contribution is 2.38. The molecule has 0 aromatic heterocycles. The third kappa shape index (κ3) is 6.08. The second-order valence-corrected chi connectivity index (χ2v) is 12.8. The van der Waals surface area contributed by atoms with Gasteiger partial charge in [-0.3, -0.25) is 9.80 Å². The molecule has 0 radical (unpaired) electrons. The Bertz CT molecular complexity index is 1590. The summed E-state index contributed by atoms with van der Waals surface area (Å²) in [6.07, 6.45) is 1.58. The van der Waals surface area contributed by atoms with Gasteiger partial charge in [-0.1, -0.05) is 70.8 Å². The van der Waals surface area contributed by atoms with Crippen molar-refractivity contribution in [2.24, 2.45) is 0 Å². The van der Waals surface area contributed by atoms with Crippen molar-refractivity contribution in [2.45, 2.75) is 60.0 Å². The van der Waals surface area contributed by atoms with E-state index in [0.717, 1.165) is 69.1 Å². The lowest BCUT2D eigenvalue weighted by molar-refractivity contribution is 0.120. The van der Waals surface area contributed by atoms with E-state index in [4.69, 9.17) is 9.47 Å². The number of aromatic hydroxyl groups is 2. The van der Waals surface area contributed by atoms with E-state index in [1.807, 2.05) is 12.1 Å². The van der Waals surface area contributed by atoms with Crippen LogP contribution >= 0.6 is 0 Å². The van der Waals surface area contributed by atoms with Crippen LogP contribution in [0, 0.1) is 27.7 Å². The van der Waals surface area contributed by atoms with E-state index in [-0.39, 0.29) is 11.5 Å². The van der Waals surface area contributed by atoms with E-state index >= 15 is 0 Å². The molecule has 4 aromatic carbocycles. The van der Waals surface area contributed by atoms with Crippen LogP contribution in [0.15, 0.2) is 48.5 Å². The van der Waals surface area contributed by atoms with Crippen LogP contribution in [0.5, 0.6) is 23.0 Å². The van der Waals surface area contributed by atoms with Crippen molar-refractivity contribution in [3.05, 3.63) is 115 Å². The zero-order valence-corrected chi connectivity index (χ0v) is 26.2. The monoisotopic (exact) mass is 578 g/mol. The van der Waals surface area contributed by atoms with Gasteiger partial charge in [-0.05, 0) is 75.2 Å². The highest BCUT2D eigenvalue weighted by molar-refractivity contribution is 5.55. The Morgan fingerprint density at radius 2 is 0.814 bits per heavy atom. The molecule has 2 heterocycles. The quantitative estimate of drug-likeness (QED) is 0.267. The minimum Gasteiger partial charge on any atom is -0.507 e. The number of phenolic OH excluding ortho intramolecular Hbond substituents is 2. The average Bonchev–Trinajstić information content (AvgIpc) is 2.93. The van der Waals surface area contributed by atoms with Gasteiger partial charge >= 0.3 is 0 Å². The van der Waals surface area contributed by atoms with Gasteiger partial charge in [-0.2, -0.15) is 0 Å². The molecule has 2 aliphatic rings. The third-order valence-corrected chi connectivity index (χ3v) is 8.48. The molecule has 0 aliphatic carbocycles. The highest BCUT2D eigenvalue weighted by atomic mass is 16.5. The van der Waals surface area contributed by atoms with E-state index in [1.165, 1.54) is 22.3 Å². The number of rotatable bonds is 6. The number of aryl methyl sites for hydroxylation is 4. The first-order valence-electron chi connectivity index (χ1n) is 15.0. The molecule has 6 nitrogen and oxygen atoms in total. The zero-order chi connectivity index (χ0) is 30.4. The maximum Gasteiger partial charge on any atom is 0.142 e. The van der Waals surface area contributed by atoms with Crippen molar-refractivity contribution in [1.29, 1.82) is 0 Å². The first kappa shape index (κ1) is 29.1. The number of hydrogen-bond donors (Lipinski definition) is 2. The normalized spacial score (nSPS) is 15.0. The number of benzene rings is 4. The van der Waals surface area contributed by atoms with Gasteiger partial charge in [-0.25, -0.2) is 0 Å². The smallest absolute Gasteiger partial charge is 0.142 e. The van der Waals surface area contributed by atoms with Crippen LogP contribution < -0.4 is 9.47 Å². The summed E-state index contributed by atoms with van der Waals surface area (Å²) in [7, 11) is 4.11. The topological polar surface area (TPSA) is 65.4 Å². The van der Waals surface area contributed by atoms with Gasteiger partial charge in [0, 0.05) is 43.5 Å². The zero-order valence-electron chi connectivity index (χ0n) is 26.2. The molecule has 2 aliphatic heterocycles. The van der Waals surface area contributed by atoms with Gasteiger partial charge in [0.2, 0.25) is 0 Å². The Morgan fingerprint density at radius 3 is 1.19 bits per heavy atom. The largest absolute Gasteiger partial charge is 0.507 e. The standard InChI is InChI=1S/C37H42N2O4/c1-22-7-26(34(40)28(9-22)16-30-11-24(3)13-32-18-38(5)20-42-36(30)32)15-27-8-23(2)10-29(35(27)41)17-31-12-25(4)14-33-19-39(6)21-43-37(31)33/h7-14,40-41H,15-21H2,1-6H3. The number of fused-ring (bicyclic) bond motifs is 2. The predicted octanol–water partition coefficient (Wildman–Crippen LogP) is 6.67. The third-order valence-electron chi connectivity index (χ3n) is 8.48. The summed E-state index contributed by atoms with van der Waals surface area (Å²) in [5.74, 6) is 2.42. The molecule has 0 amide bonds. The van der Waals surface area contributed by atoms with Gasteiger partial charge < -0.3 is 19.7 Å². The predicted molar refractivity (Wildman–Crippen MR) is 170 cm³/mol. The summed E-state index contributed by atoms with van der Waals surface area (Å²) in [4.78, 5) is 4.30. The maximum absolute atomic E-state index is 11.5. The van der Waals surface area contributed by atoms with E-state index in [0.29, 0.717) is 32.7 Å². The molecule has 0 spiro atoms. The Kier molecular flexibility index (Phi) is 7.84. The molecule has 0 bridgehead atoms. The molecule has 4 aromatic rings. The van der Waals surface area contributed by atoms with Crippen LogP contribution in [0.25, 0.3) is 0 Å². The lowest BCUT2D eigenvalue weighted by atomic mass is 9.91. The Balaban J connectivity index is 1.31. The number of ether oxygens (including phenoxy) is 2. The number of hydrogen-bond acceptors (Lipinski definition) is 6. The minimum absolute atomic E-state index is 0.279.